The molecule has 0 aliphatic carbocycles. The summed E-state index contributed by atoms with van der Waals surface area (Å²) in [5.74, 6) is -0.936. The van der Waals surface area contributed by atoms with Gasteiger partial charge in [0.2, 0.25) is 5.91 Å². The molecule has 5 heteroatoms. The van der Waals surface area contributed by atoms with E-state index in [0.717, 1.165) is 25.9 Å². The van der Waals surface area contributed by atoms with E-state index in [2.05, 4.69) is 5.32 Å². The first-order chi connectivity index (χ1) is 8.09. The molecule has 2 aliphatic rings. The summed E-state index contributed by atoms with van der Waals surface area (Å²) in [6.07, 6.45) is 1.95. The molecule has 17 heavy (non-hydrogen) atoms. The fourth-order valence-corrected chi connectivity index (χ4v) is 2.79. The third-order valence-electron chi connectivity index (χ3n) is 3.89. The van der Waals surface area contributed by atoms with E-state index in [9.17, 15) is 9.59 Å². The number of hydrogen-bond donors (Lipinski definition) is 2. The Kier molecular flexibility index (Phi) is 3.66. The Hall–Kier alpha value is -1.10. The average molecular weight is 240 g/mol. The van der Waals surface area contributed by atoms with Crippen LogP contribution < -0.4 is 5.32 Å². The zero-order valence-corrected chi connectivity index (χ0v) is 10.2. The Bertz CT molecular complexity index is 313. The zero-order chi connectivity index (χ0) is 12.4. The van der Waals surface area contributed by atoms with Crippen molar-refractivity contribution in [3.63, 3.8) is 0 Å². The first-order valence-electron chi connectivity index (χ1n) is 6.32. The molecule has 0 radical (unpaired) electrons. The highest BCUT2D eigenvalue weighted by Crippen LogP contribution is 2.25. The topological polar surface area (TPSA) is 69.6 Å². The summed E-state index contributed by atoms with van der Waals surface area (Å²) in [6.45, 7) is 4.60. The van der Waals surface area contributed by atoms with Crippen molar-refractivity contribution >= 4 is 11.9 Å². The van der Waals surface area contributed by atoms with Crippen LogP contribution >= 0.6 is 0 Å². The van der Waals surface area contributed by atoms with Crippen LogP contribution in [0, 0.1) is 17.8 Å². The summed E-state index contributed by atoms with van der Waals surface area (Å²) in [6, 6.07) is 0. The number of piperidine rings is 1. The predicted molar refractivity (Wildman–Crippen MR) is 62.5 cm³/mol. The van der Waals surface area contributed by atoms with Gasteiger partial charge in [-0.05, 0) is 25.3 Å². The van der Waals surface area contributed by atoms with E-state index in [0.29, 0.717) is 13.1 Å². The lowest BCUT2D eigenvalue weighted by molar-refractivity contribution is -0.142. The minimum atomic E-state index is -0.783. The van der Waals surface area contributed by atoms with Crippen molar-refractivity contribution in [3.8, 4) is 0 Å². The molecular formula is C12H20N2O3. The summed E-state index contributed by atoms with van der Waals surface area (Å²) in [5.41, 5.74) is 0. The third-order valence-corrected chi connectivity index (χ3v) is 3.89. The molecule has 2 fully saturated rings. The van der Waals surface area contributed by atoms with Crippen LogP contribution in [0.5, 0.6) is 0 Å². The Morgan fingerprint density at radius 3 is 2.65 bits per heavy atom. The van der Waals surface area contributed by atoms with Gasteiger partial charge in [-0.25, -0.2) is 0 Å². The lowest BCUT2D eigenvalue weighted by Gasteiger charge is -2.26. The van der Waals surface area contributed by atoms with Crippen molar-refractivity contribution in [2.45, 2.75) is 19.8 Å². The number of nitrogens with zero attached hydrogens (tertiary/aromatic N) is 1. The van der Waals surface area contributed by atoms with Crippen LogP contribution in [-0.4, -0.2) is 48.1 Å². The van der Waals surface area contributed by atoms with E-state index in [1.54, 1.807) is 4.90 Å². The first-order valence-corrected chi connectivity index (χ1v) is 6.32. The normalized spacial score (nSPS) is 33.7. The van der Waals surface area contributed by atoms with Gasteiger partial charge in [-0.1, -0.05) is 6.92 Å². The van der Waals surface area contributed by atoms with Gasteiger partial charge in [0, 0.05) is 19.6 Å². The second kappa shape index (κ2) is 5.04. The van der Waals surface area contributed by atoms with Gasteiger partial charge in [-0.15, -0.1) is 0 Å². The molecule has 3 atom stereocenters. The lowest BCUT2D eigenvalue weighted by atomic mass is 9.98. The number of amides is 1. The average Bonchev–Trinajstić information content (AvgIpc) is 2.71. The van der Waals surface area contributed by atoms with Crippen LogP contribution in [0.15, 0.2) is 0 Å². The molecule has 2 N–H and O–H groups in total. The molecule has 0 bridgehead atoms. The monoisotopic (exact) mass is 240 g/mol. The van der Waals surface area contributed by atoms with Crippen LogP contribution in [0.2, 0.25) is 0 Å². The van der Waals surface area contributed by atoms with E-state index in [4.69, 9.17) is 5.11 Å². The summed E-state index contributed by atoms with van der Waals surface area (Å²) >= 11 is 0. The van der Waals surface area contributed by atoms with Crippen molar-refractivity contribution < 1.29 is 14.7 Å². The molecule has 2 rings (SSSR count). The molecule has 0 aromatic heterocycles. The summed E-state index contributed by atoms with van der Waals surface area (Å²) in [5, 5.41) is 12.3. The number of carboxylic acids is 1. The number of carbonyl (C=O) groups is 2. The number of hydrogen-bond acceptors (Lipinski definition) is 3. The van der Waals surface area contributed by atoms with Crippen molar-refractivity contribution in [3.05, 3.63) is 0 Å². The van der Waals surface area contributed by atoms with Crippen molar-refractivity contribution in [1.82, 2.24) is 10.2 Å². The second-order valence-electron chi connectivity index (χ2n) is 5.21. The van der Waals surface area contributed by atoms with Crippen LogP contribution in [0.3, 0.4) is 0 Å². The number of nitrogens with one attached hydrogen (secondary N) is 1. The van der Waals surface area contributed by atoms with Crippen LogP contribution in [0.4, 0.5) is 0 Å². The van der Waals surface area contributed by atoms with Gasteiger partial charge in [-0.3, -0.25) is 9.59 Å². The number of carboxylic acid groups (broad SMARTS) is 1. The van der Waals surface area contributed by atoms with Gasteiger partial charge in [0.15, 0.2) is 0 Å². The van der Waals surface area contributed by atoms with E-state index < -0.39 is 11.9 Å². The standard InChI is InChI=1S/C12H20N2O3/c1-8-6-14(7-10(8)12(16)17)11(15)9-3-2-4-13-5-9/h8-10,13H,2-7H2,1H3,(H,16,17)/t8-,9+,10-/m1/s1. The molecule has 1 amide bonds. The highest BCUT2D eigenvalue weighted by Gasteiger charge is 2.38. The quantitative estimate of drug-likeness (QED) is 0.721. The first kappa shape index (κ1) is 12.4. The highest BCUT2D eigenvalue weighted by molar-refractivity contribution is 5.81. The maximum atomic E-state index is 12.2. The molecular weight excluding hydrogens is 220 g/mol. The molecule has 0 aromatic rings. The van der Waals surface area contributed by atoms with Gasteiger partial charge < -0.3 is 15.3 Å². The van der Waals surface area contributed by atoms with Gasteiger partial charge in [-0.2, -0.15) is 0 Å². The van der Waals surface area contributed by atoms with E-state index in [1.807, 2.05) is 6.92 Å². The van der Waals surface area contributed by atoms with E-state index in [1.165, 1.54) is 0 Å². The number of aliphatic carboxylic acids is 1. The van der Waals surface area contributed by atoms with Crippen LogP contribution in [0.25, 0.3) is 0 Å². The van der Waals surface area contributed by atoms with Crippen LogP contribution in [0.1, 0.15) is 19.8 Å². The molecule has 0 unspecified atom stereocenters. The second-order valence-corrected chi connectivity index (χ2v) is 5.21. The zero-order valence-electron chi connectivity index (χ0n) is 10.2. The SMILES string of the molecule is C[C@@H]1CN(C(=O)[C@H]2CCCNC2)C[C@H]1C(=O)O. The number of likely N-dealkylation sites (tertiary alicyclic amines) is 1. The van der Waals surface area contributed by atoms with E-state index >= 15 is 0 Å². The van der Waals surface area contributed by atoms with Crippen molar-refractivity contribution in [1.29, 1.82) is 0 Å². The van der Waals surface area contributed by atoms with Crippen molar-refractivity contribution in [2.75, 3.05) is 26.2 Å². The maximum Gasteiger partial charge on any atom is 0.308 e. The maximum absolute atomic E-state index is 12.2. The van der Waals surface area contributed by atoms with E-state index in [-0.39, 0.29) is 17.7 Å². The minimum absolute atomic E-state index is 0.0449. The van der Waals surface area contributed by atoms with Gasteiger partial charge in [0.05, 0.1) is 11.8 Å². The van der Waals surface area contributed by atoms with Crippen molar-refractivity contribution in [2.24, 2.45) is 17.8 Å². The molecule has 5 nitrogen and oxygen atoms in total. The Balaban J connectivity index is 1.94. The van der Waals surface area contributed by atoms with Gasteiger partial charge in [0.1, 0.15) is 0 Å². The van der Waals surface area contributed by atoms with Crippen LogP contribution in [-0.2, 0) is 9.59 Å². The summed E-state index contributed by atoms with van der Waals surface area (Å²) in [4.78, 5) is 25.0. The number of rotatable bonds is 2. The van der Waals surface area contributed by atoms with Gasteiger partial charge >= 0.3 is 5.97 Å². The Labute approximate surface area is 101 Å². The number of carbonyl (C=O) groups excluding carboxylic acids is 1. The summed E-state index contributed by atoms with van der Waals surface area (Å²) < 4.78 is 0. The molecule has 0 aromatic carbocycles. The fourth-order valence-electron chi connectivity index (χ4n) is 2.79. The largest absolute Gasteiger partial charge is 0.481 e. The Morgan fingerprint density at radius 1 is 1.35 bits per heavy atom. The minimum Gasteiger partial charge on any atom is -0.481 e. The third kappa shape index (κ3) is 2.60. The smallest absolute Gasteiger partial charge is 0.308 e. The molecule has 2 saturated heterocycles. The molecule has 2 heterocycles. The highest BCUT2D eigenvalue weighted by atomic mass is 16.4. The molecule has 0 spiro atoms. The molecule has 2 aliphatic heterocycles. The lowest BCUT2D eigenvalue weighted by Crippen LogP contribution is -2.42. The van der Waals surface area contributed by atoms with Gasteiger partial charge in [0.25, 0.3) is 0 Å². The summed E-state index contributed by atoms with van der Waals surface area (Å²) in [7, 11) is 0. The molecule has 96 valence electrons. The fraction of sp³-hybridized carbons (Fsp3) is 0.833. The molecule has 0 saturated carbocycles. The Morgan fingerprint density at radius 2 is 2.12 bits per heavy atom. The predicted octanol–water partition coefficient (Wildman–Crippen LogP) is 0.165.